The van der Waals surface area contributed by atoms with E-state index in [9.17, 15) is 0 Å². The molecule has 1 aromatic carbocycles. The van der Waals surface area contributed by atoms with Gasteiger partial charge >= 0.3 is 0 Å². The lowest BCUT2D eigenvalue weighted by Gasteiger charge is -2.22. The third kappa shape index (κ3) is 4.46. The van der Waals surface area contributed by atoms with Crippen molar-refractivity contribution in [3.05, 3.63) is 45.9 Å². The molecule has 2 aromatic rings. The van der Waals surface area contributed by atoms with Gasteiger partial charge in [0.15, 0.2) is 5.96 Å². The Bertz CT molecular complexity index is 621. The topological polar surface area (TPSA) is 49.8 Å². The Morgan fingerprint density at radius 3 is 2.64 bits per heavy atom. The summed E-state index contributed by atoms with van der Waals surface area (Å²) in [7, 11) is 5.49. The Labute approximate surface area is 135 Å². The number of aryl methyl sites for hydroxylation is 1. The van der Waals surface area contributed by atoms with Crippen molar-refractivity contribution in [3.8, 4) is 5.75 Å². The standard InChI is InChI=1S/C16H22N4OS/c1-12-9-18-15(22-12)10-19-16(17-2)20(3)11-13-5-7-14(21-4)8-6-13/h5-9H,10-11H2,1-4H3,(H,17,19). The highest BCUT2D eigenvalue weighted by Crippen LogP contribution is 2.13. The molecule has 0 saturated carbocycles. The molecule has 0 aliphatic heterocycles. The number of guanidine groups is 1. The zero-order valence-corrected chi connectivity index (χ0v) is 14.3. The van der Waals surface area contributed by atoms with Crippen molar-refractivity contribution in [3.63, 3.8) is 0 Å². The Morgan fingerprint density at radius 2 is 2.09 bits per heavy atom. The van der Waals surface area contributed by atoms with Crippen LogP contribution in [0.5, 0.6) is 5.75 Å². The Morgan fingerprint density at radius 1 is 1.36 bits per heavy atom. The summed E-state index contributed by atoms with van der Waals surface area (Å²) in [5.74, 6) is 1.72. The van der Waals surface area contributed by atoms with Crippen LogP contribution >= 0.6 is 11.3 Å². The number of ether oxygens (including phenoxy) is 1. The van der Waals surface area contributed by atoms with Gasteiger partial charge in [-0.3, -0.25) is 4.99 Å². The zero-order valence-electron chi connectivity index (χ0n) is 13.5. The minimum Gasteiger partial charge on any atom is -0.497 e. The van der Waals surface area contributed by atoms with E-state index in [1.165, 1.54) is 10.4 Å². The number of rotatable bonds is 5. The van der Waals surface area contributed by atoms with Crippen molar-refractivity contribution >= 4 is 17.3 Å². The van der Waals surface area contributed by atoms with Crippen LogP contribution in [0.15, 0.2) is 35.5 Å². The summed E-state index contributed by atoms with van der Waals surface area (Å²) >= 11 is 1.70. The number of methoxy groups -OCH3 is 1. The van der Waals surface area contributed by atoms with Gasteiger partial charge in [0.1, 0.15) is 10.8 Å². The molecule has 6 heteroatoms. The van der Waals surface area contributed by atoms with Crippen LogP contribution < -0.4 is 10.1 Å². The van der Waals surface area contributed by atoms with E-state index in [1.54, 1.807) is 25.5 Å². The van der Waals surface area contributed by atoms with E-state index in [0.29, 0.717) is 6.54 Å². The van der Waals surface area contributed by atoms with Gasteiger partial charge in [-0.15, -0.1) is 11.3 Å². The van der Waals surface area contributed by atoms with Gasteiger partial charge < -0.3 is 15.0 Å². The van der Waals surface area contributed by atoms with Gasteiger partial charge in [0.05, 0.1) is 13.7 Å². The predicted molar refractivity (Wildman–Crippen MR) is 91.5 cm³/mol. The van der Waals surface area contributed by atoms with Crippen LogP contribution in [0.2, 0.25) is 0 Å². The molecule has 22 heavy (non-hydrogen) atoms. The maximum atomic E-state index is 5.18. The summed E-state index contributed by atoms with van der Waals surface area (Å²) in [6.07, 6.45) is 1.89. The third-order valence-corrected chi connectivity index (χ3v) is 4.13. The Balaban J connectivity index is 1.91. The van der Waals surface area contributed by atoms with Crippen LogP contribution in [0.3, 0.4) is 0 Å². The molecule has 0 atom stereocenters. The first kappa shape index (κ1) is 16.3. The molecule has 2 rings (SSSR count). The number of thiazole rings is 1. The molecule has 0 aliphatic rings. The minimum absolute atomic E-state index is 0.693. The van der Waals surface area contributed by atoms with Gasteiger partial charge in [0.2, 0.25) is 0 Å². The number of nitrogens with one attached hydrogen (secondary N) is 1. The highest BCUT2D eigenvalue weighted by atomic mass is 32.1. The maximum absolute atomic E-state index is 5.18. The van der Waals surface area contributed by atoms with Crippen LogP contribution in [0.25, 0.3) is 0 Å². The molecule has 1 heterocycles. The molecule has 0 bridgehead atoms. The molecular formula is C16H22N4OS. The van der Waals surface area contributed by atoms with Gasteiger partial charge in [0.25, 0.3) is 0 Å². The molecule has 0 spiro atoms. The van der Waals surface area contributed by atoms with E-state index in [1.807, 2.05) is 25.4 Å². The number of aliphatic imine (C=N–C) groups is 1. The number of aromatic nitrogens is 1. The summed E-state index contributed by atoms with van der Waals surface area (Å²) in [6, 6.07) is 8.06. The lowest BCUT2D eigenvalue weighted by atomic mass is 10.2. The maximum Gasteiger partial charge on any atom is 0.194 e. The fraction of sp³-hybridized carbons (Fsp3) is 0.375. The first-order chi connectivity index (χ1) is 10.6. The number of hydrogen-bond acceptors (Lipinski definition) is 4. The highest BCUT2D eigenvalue weighted by Gasteiger charge is 2.08. The minimum atomic E-state index is 0.693. The predicted octanol–water partition coefficient (Wildman–Crippen LogP) is 2.67. The molecule has 0 fully saturated rings. The smallest absolute Gasteiger partial charge is 0.194 e. The average Bonchev–Trinajstić information content (AvgIpc) is 2.94. The lowest BCUT2D eigenvalue weighted by Crippen LogP contribution is -2.38. The molecule has 1 N–H and O–H groups in total. The Kier molecular flexibility index (Phi) is 5.77. The average molecular weight is 318 g/mol. The molecule has 5 nitrogen and oxygen atoms in total. The van der Waals surface area contributed by atoms with Crippen LogP contribution in [-0.2, 0) is 13.1 Å². The second kappa shape index (κ2) is 7.79. The normalized spacial score (nSPS) is 11.4. The summed E-state index contributed by atoms with van der Waals surface area (Å²) in [4.78, 5) is 12.0. The van der Waals surface area contributed by atoms with Gasteiger partial charge in [0, 0.05) is 31.7 Å². The largest absolute Gasteiger partial charge is 0.497 e. The van der Waals surface area contributed by atoms with Gasteiger partial charge in [-0.1, -0.05) is 12.1 Å². The number of hydrogen-bond donors (Lipinski definition) is 1. The highest BCUT2D eigenvalue weighted by molar-refractivity contribution is 7.11. The van der Waals surface area contributed by atoms with E-state index in [0.717, 1.165) is 23.3 Å². The van der Waals surface area contributed by atoms with Crippen molar-refractivity contribution in [2.45, 2.75) is 20.0 Å². The molecule has 0 radical (unpaired) electrons. The first-order valence-electron chi connectivity index (χ1n) is 7.08. The van der Waals surface area contributed by atoms with E-state index in [2.05, 4.69) is 39.2 Å². The van der Waals surface area contributed by atoms with E-state index >= 15 is 0 Å². The van der Waals surface area contributed by atoms with Crippen LogP contribution in [0, 0.1) is 6.92 Å². The van der Waals surface area contributed by atoms with Crippen LogP contribution in [0.1, 0.15) is 15.4 Å². The quantitative estimate of drug-likeness (QED) is 0.680. The lowest BCUT2D eigenvalue weighted by molar-refractivity contribution is 0.414. The van der Waals surface area contributed by atoms with E-state index < -0.39 is 0 Å². The van der Waals surface area contributed by atoms with Gasteiger partial charge in [-0.05, 0) is 24.6 Å². The van der Waals surface area contributed by atoms with Gasteiger partial charge in [-0.25, -0.2) is 4.98 Å². The summed E-state index contributed by atoms with van der Waals surface area (Å²) in [6.45, 7) is 3.53. The fourth-order valence-electron chi connectivity index (χ4n) is 2.10. The van der Waals surface area contributed by atoms with E-state index in [-0.39, 0.29) is 0 Å². The second-order valence-corrected chi connectivity index (χ2v) is 6.29. The Hall–Kier alpha value is -2.08. The van der Waals surface area contributed by atoms with Crippen molar-refractivity contribution in [1.29, 1.82) is 0 Å². The van der Waals surface area contributed by atoms with Crippen molar-refractivity contribution in [1.82, 2.24) is 15.2 Å². The summed E-state index contributed by atoms with van der Waals surface area (Å²) in [5, 5.41) is 4.41. The summed E-state index contributed by atoms with van der Waals surface area (Å²) < 4.78 is 5.18. The summed E-state index contributed by atoms with van der Waals surface area (Å²) in [5.41, 5.74) is 1.20. The molecule has 0 saturated heterocycles. The van der Waals surface area contributed by atoms with Crippen molar-refractivity contribution < 1.29 is 4.74 Å². The zero-order chi connectivity index (χ0) is 15.9. The van der Waals surface area contributed by atoms with Crippen LogP contribution in [0.4, 0.5) is 0 Å². The third-order valence-electron chi connectivity index (χ3n) is 3.22. The fourth-order valence-corrected chi connectivity index (χ4v) is 2.83. The molecular weight excluding hydrogens is 296 g/mol. The molecule has 1 aromatic heterocycles. The number of benzene rings is 1. The van der Waals surface area contributed by atoms with Crippen molar-refractivity contribution in [2.75, 3.05) is 21.2 Å². The van der Waals surface area contributed by atoms with Crippen LogP contribution in [-0.4, -0.2) is 37.0 Å². The van der Waals surface area contributed by atoms with Crippen molar-refractivity contribution in [2.24, 2.45) is 4.99 Å². The molecule has 0 amide bonds. The monoisotopic (exact) mass is 318 g/mol. The van der Waals surface area contributed by atoms with E-state index in [4.69, 9.17) is 4.74 Å². The SMILES string of the molecule is CN=C(NCc1ncc(C)s1)N(C)Cc1ccc(OC)cc1. The second-order valence-electron chi connectivity index (χ2n) is 4.97. The van der Waals surface area contributed by atoms with Gasteiger partial charge in [-0.2, -0.15) is 0 Å². The first-order valence-corrected chi connectivity index (χ1v) is 7.90. The molecule has 0 aliphatic carbocycles. The molecule has 118 valence electrons. The number of nitrogens with zero attached hydrogens (tertiary/aromatic N) is 3. The molecule has 0 unspecified atom stereocenters.